The predicted octanol–water partition coefficient (Wildman–Crippen LogP) is 2.14. The Morgan fingerprint density at radius 3 is 2.65 bits per heavy atom. The Balaban J connectivity index is 1.96. The van der Waals surface area contributed by atoms with Crippen LogP contribution in [0.15, 0.2) is 30.3 Å². The number of rotatable bonds is 5. The molecule has 0 unspecified atom stereocenters. The number of hydrogen-bond acceptors (Lipinski definition) is 3. The van der Waals surface area contributed by atoms with Gasteiger partial charge in [-0.1, -0.05) is 30.3 Å². The number of ether oxygens (including phenoxy) is 2. The quantitative estimate of drug-likeness (QED) is 0.848. The van der Waals surface area contributed by atoms with Gasteiger partial charge < -0.3 is 14.8 Å². The minimum Gasteiger partial charge on any atom is -0.381 e. The van der Waals surface area contributed by atoms with Gasteiger partial charge in [-0.05, 0) is 25.5 Å². The maximum absolute atomic E-state index is 6.18. The van der Waals surface area contributed by atoms with Crippen LogP contribution in [0, 0.1) is 0 Å². The fourth-order valence-corrected chi connectivity index (χ4v) is 2.14. The highest BCUT2D eigenvalue weighted by molar-refractivity contribution is 5.18. The molecule has 17 heavy (non-hydrogen) atoms. The van der Waals surface area contributed by atoms with Gasteiger partial charge in [-0.3, -0.25) is 0 Å². The standard InChI is InChI=1S/C14H21NO2/c1-15-11-14(12-5-3-2-4-6-12)17-13-7-9-16-10-8-13/h2-6,13-15H,7-11H2,1H3/t14-/m1/s1. The average molecular weight is 235 g/mol. The van der Waals surface area contributed by atoms with E-state index in [-0.39, 0.29) is 6.10 Å². The SMILES string of the molecule is CNC[C@@H](OC1CCOCC1)c1ccccc1. The fraction of sp³-hybridized carbons (Fsp3) is 0.571. The van der Waals surface area contributed by atoms with Crippen LogP contribution in [0.25, 0.3) is 0 Å². The number of likely N-dealkylation sites (N-methyl/N-ethyl adjacent to an activating group) is 1. The van der Waals surface area contributed by atoms with Crippen molar-refractivity contribution in [2.75, 3.05) is 26.8 Å². The van der Waals surface area contributed by atoms with Crippen molar-refractivity contribution in [3.05, 3.63) is 35.9 Å². The molecule has 0 aliphatic carbocycles. The van der Waals surface area contributed by atoms with Crippen molar-refractivity contribution in [3.63, 3.8) is 0 Å². The third-order valence-electron chi connectivity index (χ3n) is 3.09. The molecule has 0 aromatic heterocycles. The second kappa shape index (κ2) is 6.74. The molecule has 0 bridgehead atoms. The van der Waals surface area contributed by atoms with Gasteiger partial charge in [0.05, 0.1) is 12.2 Å². The molecule has 1 N–H and O–H groups in total. The molecule has 1 saturated heterocycles. The van der Waals surface area contributed by atoms with E-state index in [1.807, 2.05) is 13.1 Å². The van der Waals surface area contributed by atoms with Gasteiger partial charge in [0.15, 0.2) is 0 Å². The van der Waals surface area contributed by atoms with Gasteiger partial charge in [0, 0.05) is 19.8 Å². The number of nitrogens with one attached hydrogen (secondary N) is 1. The molecule has 2 rings (SSSR count). The molecule has 3 nitrogen and oxygen atoms in total. The Kier molecular flexibility index (Phi) is 4.98. The highest BCUT2D eigenvalue weighted by Gasteiger charge is 2.20. The Bertz CT molecular complexity index is 309. The lowest BCUT2D eigenvalue weighted by atomic mass is 10.1. The van der Waals surface area contributed by atoms with Crippen LogP contribution in [-0.2, 0) is 9.47 Å². The summed E-state index contributed by atoms with van der Waals surface area (Å²) in [6, 6.07) is 10.4. The van der Waals surface area contributed by atoms with E-state index in [0.717, 1.165) is 32.6 Å². The van der Waals surface area contributed by atoms with Gasteiger partial charge in [-0.2, -0.15) is 0 Å². The summed E-state index contributed by atoms with van der Waals surface area (Å²) in [6.07, 6.45) is 2.49. The maximum atomic E-state index is 6.18. The van der Waals surface area contributed by atoms with Crippen molar-refractivity contribution in [3.8, 4) is 0 Å². The highest BCUT2D eigenvalue weighted by atomic mass is 16.5. The minimum absolute atomic E-state index is 0.143. The molecule has 1 aromatic rings. The van der Waals surface area contributed by atoms with Crippen molar-refractivity contribution in [1.82, 2.24) is 5.32 Å². The maximum Gasteiger partial charge on any atom is 0.0952 e. The number of hydrogen-bond donors (Lipinski definition) is 1. The molecule has 0 spiro atoms. The van der Waals surface area contributed by atoms with Crippen LogP contribution in [0.5, 0.6) is 0 Å². The summed E-state index contributed by atoms with van der Waals surface area (Å²) in [5.74, 6) is 0. The summed E-state index contributed by atoms with van der Waals surface area (Å²) in [5.41, 5.74) is 1.24. The Labute approximate surface area is 103 Å². The summed E-state index contributed by atoms with van der Waals surface area (Å²) in [5, 5.41) is 3.20. The molecule has 1 atom stereocenters. The van der Waals surface area contributed by atoms with Gasteiger partial charge in [-0.25, -0.2) is 0 Å². The molecule has 94 valence electrons. The van der Waals surface area contributed by atoms with E-state index < -0.39 is 0 Å². The summed E-state index contributed by atoms with van der Waals surface area (Å²) in [7, 11) is 1.96. The van der Waals surface area contributed by atoms with E-state index in [2.05, 4.69) is 29.6 Å². The van der Waals surface area contributed by atoms with Crippen LogP contribution in [-0.4, -0.2) is 32.9 Å². The fourth-order valence-electron chi connectivity index (χ4n) is 2.14. The van der Waals surface area contributed by atoms with Crippen LogP contribution in [0.3, 0.4) is 0 Å². The van der Waals surface area contributed by atoms with Crippen molar-refractivity contribution in [1.29, 1.82) is 0 Å². The Morgan fingerprint density at radius 1 is 1.29 bits per heavy atom. The zero-order chi connectivity index (χ0) is 11.9. The van der Waals surface area contributed by atoms with Crippen LogP contribution in [0.1, 0.15) is 24.5 Å². The first-order valence-corrected chi connectivity index (χ1v) is 6.33. The first-order valence-electron chi connectivity index (χ1n) is 6.33. The first kappa shape index (κ1) is 12.6. The predicted molar refractivity (Wildman–Crippen MR) is 68.0 cm³/mol. The van der Waals surface area contributed by atoms with Gasteiger partial charge in [-0.15, -0.1) is 0 Å². The summed E-state index contributed by atoms with van der Waals surface area (Å²) in [4.78, 5) is 0. The van der Waals surface area contributed by atoms with E-state index in [4.69, 9.17) is 9.47 Å². The molecule has 0 amide bonds. The van der Waals surface area contributed by atoms with E-state index in [1.54, 1.807) is 0 Å². The van der Waals surface area contributed by atoms with Crippen LogP contribution in [0.2, 0.25) is 0 Å². The molecule has 0 radical (unpaired) electrons. The lowest BCUT2D eigenvalue weighted by Gasteiger charge is -2.28. The molecular weight excluding hydrogens is 214 g/mol. The first-order chi connectivity index (χ1) is 8.40. The normalized spacial score (nSPS) is 19.1. The second-order valence-corrected chi connectivity index (χ2v) is 4.40. The Hall–Kier alpha value is -0.900. The zero-order valence-electron chi connectivity index (χ0n) is 10.4. The van der Waals surface area contributed by atoms with Gasteiger partial charge >= 0.3 is 0 Å². The van der Waals surface area contributed by atoms with Crippen LogP contribution >= 0.6 is 0 Å². The lowest BCUT2D eigenvalue weighted by molar-refractivity contribution is -0.0684. The van der Waals surface area contributed by atoms with E-state index in [9.17, 15) is 0 Å². The van der Waals surface area contributed by atoms with Gasteiger partial charge in [0.2, 0.25) is 0 Å². The molecule has 1 aromatic carbocycles. The molecule has 1 heterocycles. The van der Waals surface area contributed by atoms with Crippen molar-refractivity contribution in [2.24, 2.45) is 0 Å². The number of benzene rings is 1. The largest absolute Gasteiger partial charge is 0.381 e. The topological polar surface area (TPSA) is 30.5 Å². The van der Waals surface area contributed by atoms with Crippen molar-refractivity contribution in [2.45, 2.75) is 25.0 Å². The van der Waals surface area contributed by atoms with Gasteiger partial charge in [0.25, 0.3) is 0 Å². The van der Waals surface area contributed by atoms with Crippen molar-refractivity contribution >= 4 is 0 Å². The minimum atomic E-state index is 0.143. The molecular formula is C14H21NO2. The van der Waals surface area contributed by atoms with Gasteiger partial charge in [0.1, 0.15) is 0 Å². The molecule has 0 saturated carbocycles. The summed E-state index contributed by atoms with van der Waals surface area (Å²) in [6.45, 7) is 2.50. The average Bonchev–Trinajstić information content (AvgIpc) is 2.40. The molecule has 1 aliphatic heterocycles. The summed E-state index contributed by atoms with van der Waals surface area (Å²) < 4.78 is 11.5. The molecule has 1 aliphatic rings. The summed E-state index contributed by atoms with van der Waals surface area (Å²) >= 11 is 0. The van der Waals surface area contributed by atoms with Crippen LogP contribution < -0.4 is 5.32 Å². The highest BCUT2D eigenvalue weighted by Crippen LogP contribution is 2.22. The monoisotopic (exact) mass is 235 g/mol. The lowest BCUT2D eigenvalue weighted by Crippen LogP contribution is -2.29. The van der Waals surface area contributed by atoms with Crippen molar-refractivity contribution < 1.29 is 9.47 Å². The van der Waals surface area contributed by atoms with Crippen LogP contribution in [0.4, 0.5) is 0 Å². The third-order valence-corrected chi connectivity index (χ3v) is 3.09. The third kappa shape index (κ3) is 3.80. The van der Waals surface area contributed by atoms with E-state index >= 15 is 0 Å². The van der Waals surface area contributed by atoms with E-state index in [1.165, 1.54) is 5.56 Å². The second-order valence-electron chi connectivity index (χ2n) is 4.40. The molecule has 3 heteroatoms. The van der Waals surface area contributed by atoms with E-state index in [0.29, 0.717) is 6.10 Å². The Morgan fingerprint density at radius 2 is 2.00 bits per heavy atom. The zero-order valence-corrected chi connectivity index (χ0v) is 10.4. The smallest absolute Gasteiger partial charge is 0.0952 e. The molecule has 1 fully saturated rings.